The number of hydrogen-bond donors (Lipinski definition) is 2. The third kappa shape index (κ3) is 3.66. The average Bonchev–Trinajstić information content (AvgIpc) is 2.47. The minimum atomic E-state index is -2.75. The molecule has 5 nitrogen and oxygen atoms in total. The first-order valence-electron chi connectivity index (χ1n) is 6.92. The lowest BCUT2D eigenvalue weighted by molar-refractivity contribution is 0.130. The summed E-state index contributed by atoms with van der Waals surface area (Å²) in [6, 6.07) is 6.95. The van der Waals surface area contributed by atoms with Gasteiger partial charge in [-0.05, 0) is 25.5 Å². The Morgan fingerprint density at radius 2 is 2.05 bits per heavy atom. The maximum Gasteiger partial charge on any atom is 0.297 e. The Labute approximate surface area is 127 Å². The Morgan fingerprint density at radius 1 is 1.32 bits per heavy atom. The topological polar surface area (TPSA) is 67.3 Å². The second-order valence-electron chi connectivity index (χ2n) is 5.34. The first kappa shape index (κ1) is 16.5. The molecule has 120 valence electrons. The van der Waals surface area contributed by atoms with E-state index in [0.717, 1.165) is 0 Å². The number of methoxy groups -OCH3 is 1. The predicted molar refractivity (Wildman–Crippen MR) is 80.1 cm³/mol. The molecule has 1 atom stereocenters. The van der Waals surface area contributed by atoms with Crippen molar-refractivity contribution in [1.82, 2.24) is 9.97 Å². The van der Waals surface area contributed by atoms with Crippen molar-refractivity contribution in [3.8, 4) is 0 Å². The molecule has 0 unspecified atom stereocenters. The molecule has 0 spiro atoms. The van der Waals surface area contributed by atoms with Gasteiger partial charge in [-0.1, -0.05) is 12.1 Å². The molecule has 7 heteroatoms. The number of nitrogens with zero attached hydrogens (tertiary/aromatic N) is 2. The van der Waals surface area contributed by atoms with Crippen molar-refractivity contribution >= 4 is 16.7 Å². The maximum atomic E-state index is 13.0. The minimum Gasteiger partial charge on any atom is -0.396 e. The number of benzene rings is 1. The maximum absolute atomic E-state index is 13.0. The molecule has 0 amide bonds. The summed E-state index contributed by atoms with van der Waals surface area (Å²) in [4.78, 5) is 7.82. The van der Waals surface area contributed by atoms with E-state index in [4.69, 9.17) is 4.74 Å². The zero-order valence-corrected chi connectivity index (χ0v) is 12.5. The summed E-state index contributed by atoms with van der Waals surface area (Å²) in [5.74, 6) is -0.209. The Balaban J connectivity index is 2.48. The van der Waals surface area contributed by atoms with Crippen LogP contribution in [0.3, 0.4) is 0 Å². The molecule has 2 rings (SSSR count). The number of aromatic nitrogens is 2. The quantitative estimate of drug-likeness (QED) is 0.823. The lowest BCUT2D eigenvalue weighted by atomic mass is 9.99. The fraction of sp³-hybridized carbons (Fsp3) is 0.467. The van der Waals surface area contributed by atoms with Crippen LogP contribution in [0.2, 0.25) is 0 Å². The highest BCUT2D eigenvalue weighted by Gasteiger charge is 2.26. The summed E-state index contributed by atoms with van der Waals surface area (Å²) in [6.07, 6.45) is -2.36. The molecule has 22 heavy (non-hydrogen) atoms. The van der Waals surface area contributed by atoms with Crippen molar-refractivity contribution in [3.63, 3.8) is 0 Å². The average molecular weight is 311 g/mol. The van der Waals surface area contributed by atoms with Gasteiger partial charge < -0.3 is 15.2 Å². The van der Waals surface area contributed by atoms with E-state index in [1.54, 1.807) is 31.4 Å². The van der Waals surface area contributed by atoms with Gasteiger partial charge in [0, 0.05) is 19.1 Å². The Morgan fingerprint density at radius 3 is 2.68 bits per heavy atom. The fourth-order valence-electron chi connectivity index (χ4n) is 2.31. The van der Waals surface area contributed by atoms with Gasteiger partial charge >= 0.3 is 0 Å². The summed E-state index contributed by atoms with van der Waals surface area (Å²) in [5.41, 5.74) is -0.181. The van der Waals surface area contributed by atoms with Gasteiger partial charge in [0.05, 0.1) is 17.7 Å². The first-order chi connectivity index (χ1) is 10.5. The highest BCUT2D eigenvalue weighted by Crippen LogP contribution is 2.27. The van der Waals surface area contributed by atoms with E-state index in [-0.39, 0.29) is 6.61 Å². The number of aliphatic hydroxyl groups excluding tert-OH is 1. The van der Waals surface area contributed by atoms with Crippen molar-refractivity contribution in [2.45, 2.75) is 25.3 Å². The number of alkyl halides is 2. The molecule has 0 bridgehead atoms. The van der Waals surface area contributed by atoms with Crippen LogP contribution >= 0.6 is 0 Å². The molecule has 0 fully saturated rings. The fourth-order valence-corrected chi connectivity index (χ4v) is 2.31. The summed E-state index contributed by atoms with van der Waals surface area (Å²) >= 11 is 0. The van der Waals surface area contributed by atoms with E-state index in [1.807, 2.05) is 6.92 Å². The normalized spacial score (nSPS) is 14.3. The largest absolute Gasteiger partial charge is 0.396 e. The van der Waals surface area contributed by atoms with Crippen molar-refractivity contribution < 1.29 is 18.6 Å². The molecule has 1 heterocycles. The van der Waals surface area contributed by atoms with Crippen LogP contribution in [0, 0.1) is 0 Å². The molecule has 1 aromatic carbocycles. The van der Waals surface area contributed by atoms with E-state index in [0.29, 0.717) is 29.7 Å². The molecule has 0 aliphatic carbocycles. The second kappa shape index (κ2) is 6.93. The minimum absolute atomic E-state index is 0.0580. The van der Waals surface area contributed by atoms with Crippen LogP contribution in [0.15, 0.2) is 24.3 Å². The third-order valence-corrected chi connectivity index (χ3v) is 3.36. The number of aliphatic hydroxyl groups is 1. The number of fused-ring (bicyclic) bond motifs is 1. The SMILES string of the molecule is COC[C@@](C)(CCO)Nc1nc(C(F)F)nc2ccccc12. The first-order valence-corrected chi connectivity index (χ1v) is 6.92. The van der Waals surface area contributed by atoms with E-state index in [9.17, 15) is 13.9 Å². The summed E-state index contributed by atoms with van der Waals surface area (Å²) in [7, 11) is 1.54. The van der Waals surface area contributed by atoms with Crippen molar-refractivity contribution in [3.05, 3.63) is 30.1 Å². The number of hydrogen-bond acceptors (Lipinski definition) is 5. The third-order valence-electron chi connectivity index (χ3n) is 3.36. The van der Waals surface area contributed by atoms with Crippen LogP contribution in [-0.2, 0) is 4.74 Å². The molecule has 0 radical (unpaired) electrons. The van der Waals surface area contributed by atoms with Crippen molar-refractivity contribution in [1.29, 1.82) is 0 Å². The molecule has 0 aliphatic rings. The standard InChI is InChI=1S/C15H19F2N3O2/c1-15(7-8-21,9-22-2)20-13-10-5-3-4-6-11(10)18-14(19-13)12(16)17/h3-6,12,21H,7-9H2,1-2H3,(H,18,19,20)/t15-/m1/s1. The van der Waals surface area contributed by atoms with E-state index in [2.05, 4.69) is 15.3 Å². The molecule has 0 saturated carbocycles. The van der Waals surface area contributed by atoms with E-state index >= 15 is 0 Å². The number of rotatable bonds is 7. The van der Waals surface area contributed by atoms with Crippen molar-refractivity contribution in [2.24, 2.45) is 0 Å². The molecular weight excluding hydrogens is 292 g/mol. The molecular formula is C15H19F2N3O2. The van der Waals surface area contributed by atoms with Crippen LogP contribution in [0.25, 0.3) is 10.9 Å². The monoisotopic (exact) mass is 311 g/mol. The number of para-hydroxylation sites is 1. The molecule has 2 aromatic rings. The lowest BCUT2D eigenvalue weighted by Crippen LogP contribution is -2.41. The lowest BCUT2D eigenvalue weighted by Gasteiger charge is -2.30. The molecule has 0 saturated heterocycles. The van der Waals surface area contributed by atoms with Gasteiger partial charge in [0.1, 0.15) is 5.82 Å². The summed E-state index contributed by atoms with van der Waals surface area (Å²) in [6.45, 7) is 2.08. The second-order valence-corrected chi connectivity index (χ2v) is 5.34. The number of nitrogens with one attached hydrogen (secondary N) is 1. The molecule has 2 N–H and O–H groups in total. The predicted octanol–water partition coefficient (Wildman–Crippen LogP) is 2.77. The Hall–Kier alpha value is -1.86. The molecule has 1 aromatic heterocycles. The zero-order chi connectivity index (χ0) is 16.2. The van der Waals surface area contributed by atoms with Gasteiger partial charge in [-0.15, -0.1) is 0 Å². The number of anilines is 1. The van der Waals surface area contributed by atoms with Crippen LogP contribution in [0.1, 0.15) is 25.6 Å². The van der Waals surface area contributed by atoms with Gasteiger partial charge in [0.25, 0.3) is 6.43 Å². The highest BCUT2D eigenvalue weighted by atomic mass is 19.3. The smallest absolute Gasteiger partial charge is 0.297 e. The van der Waals surface area contributed by atoms with Gasteiger partial charge in [0.15, 0.2) is 5.82 Å². The molecule has 0 aliphatic heterocycles. The number of halogens is 2. The number of ether oxygens (including phenoxy) is 1. The van der Waals surface area contributed by atoms with Gasteiger partial charge in [-0.25, -0.2) is 18.7 Å². The van der Waals surface area contributed by atoms with Crippen molar-refractivity contribution in [2.75, 3.05) is 25.6 Å². The summed E-state index contributed by atoms with van der Waals surface area (Å²) < 4.78 is 31.1. The Bertz CT molecular complexity index is 631. The Kier molecular flexibility index (Phi) is 5.20. The van der Waals surface area contributed by atoms with E-state index in [1.165, 1.54) is 0 Å². The van der Waals surface area contributed by atoms with E-state index < -0.39 is 17.8 Å². The van der Waals surface area contributed by atoms with Gasteiger partial charge in [-0.2, -0.15) is 0 Å². The zero-order valence-electron chi connectivity index (χ0n) is 12.5. The van der Waals surface area contributed by atoms with Crippen LogP contribution in [-0.4, -0.2) is 40.9 Å². The van der Waals surface area contributed by atoms with Crippen LogP contribution < -0.4 is 5.32 Å². The van der Waals surface area contributed by atoms with Crippen LogP contribution in [0.5, 0.6) is 0 Å². The van der Waals surface area contributed by atoms with Gasteiger partial charge in [0.2, 0.25) is 0 Å². The highest BCUT2D eigenvalue weighted by molar-refractivity contribution is 5.89. The van der Waals surface area contributed by atoms with Gasteiger partial charge in [-0.3, -0.25) is 0 Å². The summed E-state index contributed by atoms with van der Waals surface area (Å²) in [5, 5.41) is 13.0. The van der Waals surface area contributed by atoms with Crippen LogP contribution in [0.4, 0.5) is 14.6 Å².